The van der Waals surface area contributed by atoms with Crippen molar-refractivity contribution in [2.75, 3.05) is 37.7 Å². The fourth-order valence-corrected chi connectivity index (χ4v) is 6.48. The Balaban J connectivity index is 3.55. The van der Waals surface area contributed by atoms with E-state index in [2.05, 4.69) is 67.5 Å². The quantitative estimate of drug-likeness (QED) is 0.0135. The molecule has 0 radical (unpaired) electrons. The first-order valence-electron chi connectivity index (χ1n) is 21.1. The number of thiol groups is 2. The normalized spacial score (nSPS) is 13.7. The van der Waals surface area contributed by atoms with Crippen LogP contribution in [-0.2, 0) is 59.2 Å². The van der Waals surface area contributed by atoms with Gasteiger partial charge < -0.3 is 86.5 Å². The number of carboxylic acids is 2. The number of carboxylic acid groups (broad SMARTS) is 2. The van der Waals surface area contributed by atoms with Gasteiger partial charge in [0, 0.05) is 24.5 Å². The second-order valence-corrected chi connectivity index (χ2v) is 15.8. The van der Waals surface area contributed by atoms with Gasteiger partial charge in [-0.15, -0.1) is 0 Å². The monoisotopic (exact) mass is 1010 g/mol. The first-order chi connectivity index (χ1) is 32.5. The molecule has 0 saturated carbocycles. The van der Waals surface area contributed by atoms with Crippen molar-refractivity contribution in [2.45, 2.75) is 93.7 Å². The number of hydrogen-bond acceptors (Lipinski definition) is 17. The van der Waals surface area contributed by atoms with Crippen LogP contribution in [0, 0.1) is 0 Å². The van der Waals surface area contributed by atoms with E-state index >= 15 is 0 Å². The maximum absolute atomic E-state index is 14.0. The van der Waals surface area contributed by atoms with E-state index in [-0.39, 0.29) is 68.4 Å². The molecule has 1 rings (SSSR count). The number of phenols is 1. The lowest BCUT2D eigenvalue weighted by molar-refractivity contribution is -0.142. The maximum Gasteiger partial charge on any atom is 0.322 e. The lowest BCUT2D eigenvalue weighted by atomic mass is 10.0. The van der Waals surface area contributed by atoms with Gasteiger partial charge >= 0.3 is 11.9 Å². The Morgan fingerprint density at radius 1 is 0.551 bits per heavy atom. The third-order valence-corrected chi connectivity index (χ3v) is 10.2. The summed E-state index contributed by atoms with van der Waals surface area (Å²) in [5.74, 6) is -13.2. The Kier molecular flexibility index (Phi) is 27.8. The SMILES string of the molecule is NCCCC[C@H](NC(=O)[C@H](Cc1ccc(O)cc1)NC(=O)[C@H](CS)NC(=O)CN)C(=O)N[C@@H](CC(N)=O)C(=O)N[C@@H](CCCN=C(N)N)C(=O)N[C@@H](CC(=O)O)C(=O)N[C@@H](CS)C(=O)NCC(=O)O. The number of benzene rings is 1. The highest BCUT2D eigenvalue weighted by molar-refractivity contribution is 7.80. The van der Waals surface area contributed by atoms with Gasteiger partial charge in [-0.05, 0) is 56.3 Å². The second-order valence-electron chi connectivity index (χ2n) is 15.0. The average Bonchev–Trinajstić information content (AvgIpc) is 3.28. The fourth-order valence-electron chi connectivity index (χ4n) is 5.97. The number of amides is 9. The van der Waals surface area contributed by atoms with Gasteiger partial charge in [0.05, 0.1) is 19.4 Å². The number of guanidine groups is 1. The van der Waals surface area contributed by atoms with Gasteiger partial charge in [-0.25, -0.2) is 0 Å². The van der Waals surface area contributed by atoms with Gasteiger partial charge in [-0.2, -0.15) is 25.3 Å². The second kappa shape index (κ2) is 31.9. The molecule has 1 aromatic carbocycles. The number of carbonyl (C=O) groups is 11. The van der Waals surface area contributed by atoms with Crippen LogP contribution in [-0.4, -0.2) is 166 Å². The molecule has 0 fully saturated rings. The molecule has 30 heteroatoms. The molecular formula is C39H62N14O14S2. The van der Waals surface area contributed by atoms with E-state index in [0.717, 1.165) is 0 Å². The highest BCUT2D eigenvalue weighted by Crippen LogP contribution is 2.13. The summed E-state index contributed by atoms with van der Waals surface area (Å²) >= 11 is 8.07. The number of aliphatic carboxylic acids is 2. The van der Waals surface area contributed by atoms with Crippen molar-refractivity contribution < 1.29 is 68.1 Å². The summed E-state index contributed by atoms with van der Waals surface area (Å²) in [6, 6.07) is -5.47. The number of aliphatic imine (C=N–C) groups is 1. The molecule has 384 valence electrons. The highest BCUT2D eigenvalue weighted by Gasteiger charge is 2.35. The number of carbonyl (C=O) groups excluding carboxylic acids is 9. The van der Waals surface area contributed by atoms with Crippen LogP contribution < -0.4 is 71.2 Å². The van der Waals surface area contributed by atoms with E-state index in [4.69, 9.17) is 33.8 Å². The molecule has 0 unspecified atom stereocenters. The molecule has 7 atom stereocenters. The smallest absolute Gasteiger partial charge is 0.322 e. The Labute approximate surface area is 406 Å². The average molecular weight is 1020 g/mol. The van der Waals surface area contributed by atoms with Gasteiger partial charge in [0.15, 0.2) is 5.96 Å². The first-order valence-corrected chi connectivity index (χ1v) is 22.4. The largest absolute Gasteiger partial charge is 0.508 e. The van der Waals surface area contributed by atoms with Crippen LogP contribution in [0.25, 0.3) is 0 Å². The molecule has 0 aliphatic heterocycles. The fraction of sp³-hybridized carbons (Fsp3) is 0.538. The summed E-state index contributed by atoms with van der Waals surface area (Å²) in [6.07, 6.45) is -1.99. The molecule has 0 aliphatic rings. The summed E-state index contributed by atoms with van der Waals surface area (Å²) < 4.78 is 0. The topological polar surface area (TPSA) is 487 Å². The van der Waals surface area contributed by atoms with E-state index in [1.54, 1.807) is 0 Å². The van der Waals surface area contributed by atoms with Gasteiger partial charge in [0.2, 0.25) is 53.2 Å². The number of rotatable bonds is 33. The van der Waals surface area contributed by atoms with Crippen LogP contribution in [0.1, 0.15) is 50.5 Å². The van der Waals surface area contributed by atoms with Crippen LogP contribution >= 0.6 is 25.3 Å². The predicted molar refractivity (Wildman–Crippen MR) is 252 cm³/mol. The molecule has 0 bridgehead atoms. The number of hydrogen-bond donors (Lipinski definition) is 18. The zero-order valence-electron chi connectivity index (χ0n) is 37.3. The molecule has 0 saturated heterocycles. The summed E-state index contributed by atoms with van der Waals surface area (Å²) in [7, 11) is 0. The third-order valence-electron chi connectivity index (χ3n) is 9.47. The zero-order chi connectivity index (χ0) is 52.2. The number of nitrogens with zero attached hydrogens (tertiary/aromatic N) is 1. The molecule has 1 aromatic rings. The molecule has 0 aliphatic carbocycles. The summed E-state index contributed by atoms with van der Waals surface area (Å²) in [4.78, 5) is 145. The van der Waals surface area contributed by atoms with Crippen LogP contribution in [0.2, 0.25) is 0 Å². The van der Waals surface area contributed by atoms with E-state index in [1.807, 2.05) is 5.32 Å². The van der Waals surface area contributed by atoms with E-state index in [1.165, 1.54) is 24.3 Å². The predicted octanol–water partition coefficient (Wildman–Crippen LogP) is -7.12. The van der Waals surface area contributed by atoms with E-state index < -0.39 is 133 Å². The van der Waals surface area contributed by atoms with Crippen LogP contribution in [0.3, 0.4) is 0 Å². The molecule has 28 nitrogen and oxygen atoms in total. The molecular weight excluding hydrogens is 953 g/mol. The Morgan fingerprint density at radius 3 is 1.48 bits per heavy atom. The lowest BCUT2D eigenvalue weighted by Gasteiger charge is -2.27. The number of unbranched alkanes of at least 4 members (excludes halogenated alkanes) is 1. The Morgan fingerprint density at radius 2 is 1.00 bits per heavy atom. The van der Waals surface area contributed by atoms with Gasteiger partial charge in [-0.3, -0.25) is 57.7 Å². The minimum Gasteiger partial charge on any atom is -0.508 e. The van der Waals surface area contributed by atoms with Crippen molar-refractivity contribution >= 4 is 96.3 Å². The minimum absolute atomic E-state index is 0.0321. The van der Waals surface area contributed by atoms with Crippen LogP contribution in [0.15, 0.2) is 29.3 Å². The molecule has 0 spiro atoms. The van der Waals surface area contributed by atoms with E-state index in [9.17, 15) is 63.0 Å². The van der Waals surface area contributed by atoms with Crippen molar-refractivity contribution in [3.05, 3.63) is 29.8 Å². The van der Waals surface area contributed by atoms with Crippen molar-refractivity contribution in [1.82, 2.24) is 42.5 Å². The highest BCUT2D eigenvalue weighted by atomic mass is 32.1. The van der Waals surface area contributed by atoms with Crippen molar-refractivity contribution in [2.24, 2.45) is 33.7 Å². The number of phenolic OH excluding ortho intramolecular Hbond substituents is 1. The van der Waals surface area contributed by atoms with Crippen molar-refractivity contribution in [3.63, 3.8) is 0 Å². The maximum atomic E-state index is 14.0. The molecule has 21 N–H and O–H groups in total. The number of nitrogens with two attached hydrogens (primary N) is 5. The van der Waals surface area contributed by atoms with Crippen LogP contribution in [0.4, 0.5) is 0 Å². The van der Waals surface area contributed by atoms with Crippen molar-refractivity contribution in [1.29, 1.82) is 0 Å². The number of aromatic hydroxyl groups is 1. The molecule has 69 heavy (non-hydrogen) atoms. The number of nitrogens with one attached hydrogen (secondary N) is 8. The number of primary amides is 1. The van der Waals surface area contributed by atoms with Crippen LogP contribution in [0.5, 0.6) is 5.75 Å². The van der Waals surface area contributed by atoms with Gasteiger partial charge in [0.25, 0.3) is 0 Å². The minimum atomic E-state index is -1.91. The Bertz CT molecular complexity index is 1990. The van der Waals surface area contributed by atoms with E-state index in [0.29, 0.717) is 12.0 Å². The standard InChI is InChI=1S/C39H62N14O14S2/c40-10-2-1-4-21(48-35(64)23(12-19-6-8-20(54)9-7-19)50-38(67)27(18-69)47-29(56)15-41)33(62)51-24(13-28(42)55)36(65)49-22(5-3-11-45-39(43)44)34(63)52-25(14-30(57)58)37(66)53-26(17-68)32(61)46-16-31(59)60/h6-9,21-27,54,68-69H,1-5,10-18,40-41H2,(H2,42,55)(H,46,61)(H,47,56)(H,48,64)(H,49,65)(H,50,67)(H,51,62)(H,52,63)(H,53,66)(H,57,58)(H,59,60)(H4,43,44,45)/t21-,22-,23-,24-,25-,26-,27-/m0/s1. The summed E-state index contributed by atoms with van der Waals surface area (Å²) in [6.45, 7) is -1.21. The van der Waals surface area contributed by atoms with Gasteiger partial charge in [0.1, 0.15) is 54.6 Å². The first kappa shape index (κ1) is 60.1. The summed E-state index contributed by atoms with van der Waals surface area (Å²) in [5, 5.41) is 46.7. The summed E-state index contributed by atoms with van der Waals surface area (Å²) in [5.41, 5.74) is 27.7. The molecule has 0 heterocycles. The van der Waals surface area contributed by atoms with Gasteiger partial charge in [-0.1, -0.05) is 12.1 Å². The van der Waals surface area contributed by atoms with Crippen molar-refractivity contribution in [3.8, 4) is 5.75 Å². The lowest BCUT2D eigenvalue weighted by Crippen LogP contribution is -2.61. The third kappa shape index (κ3) is 24.1. The zero-order valence-corrected chi connectivity index (χ0v) is 39.1. The molecule has 9 amide bonds. The molecule has 0 aromatic heterocycles. The Hall–Kier alpha value is -6.92.